The molecule has 4 heteroatoms. The zero-order valence-electron chi connectivity index (χ0n) is 11.3. The van der Waals surface area contributed by atoms with Gasteiger partial charge in [0, 0.05) is 19.0 Å². The molecule has 1 aliphatic rings. The van der Waals surface area contributed by atoms with Crippen molar-refractivity contribution in [2.45, 2.75) is 51.1 Å². The molecule has 0 spiro atoms. The summed E-state index contributed by atoms with van der Waals surface area (Å²) in [5.41, 5.74) is -0.410. The van der Waals surface area contributed by atoms with E-state index in [0.29, 0.717) is 0 Å². The molecular weight excluding hydrogens is 214 g/mol. The maximum Gasteiger partial charge on any atom is 0.225 e. The van der Waals surface area contributed by atoms with E-state index in [0.717, 1.165) is 25.7 Å². The van der Waals surface area contributed by atoms with Gasteiger partial charge in [0.2, 0.25) is 5.91 Å². The number of nitrogens with one attached hydrogen (secondary N) is 1. The minimum absolute atomic E-state index is 0.0947. The van der Waals surface area contributed by atoms with E-state index < -0.39 is 5.54 Å². The van der Waals surface area contributed by atoms with E-state index in [2.05, 4.69) is 11.4 Å². The van der Waals surface area contributed by atoms with Crippen LogP contribution in [0.1, 0.15) is 39.5 Å². The molecule has 0 aromatic heterocycles. The molecule has 0 aromatic carbocycles. The summed E-state index contributed by atoms with van der Waals surface area (Å²) in [6.45, 7) is 4.04. The molecule has 0 aliphatic heterocycles. The highest BCUT2D eigenvalue weighted by Gasteiger charge is 2.37. The van der Waals surface area contributed by atoms with Crippen molar-refractivity contribution in [1.29, 1.82) is 5.26 Å². The number of hydrogen-bond donors (Lipinski definition) is 1. The van der Waals surface area contributed by atoms with Crippen molar-refractivity contribution in [3.05, 3.63) is 0 Å². The number of hydrogen-bond acceptors (Lipinski definition) is 3. The maximum atomic E-state index is 12.1. The third-order valence-electron chi connectivity index (χ3n) is 4.00. The molecule has 0 radical (unpaired) electrons. The first-order chi connectivity index (χ1) is 7.95. The summed E-state index contributed by atoms with van der Waals surface area (Å²) < 4.78 is 0. The molecule has 0 bridgehead atoms. The molecule has 0 saturated heterocycles. The van der Waals surface area contributed by atoms with Crippen LogP contribution in [0.25, 0.3) is 0 Å². The molecule has 1 aliphatic carbocycles. The second-order valence-electron chi connectivity index (χ2n) is 5.26. The molecular formula is C13H23N3O. The smallest absolute Gasteiger partial charge is 0.225 e. The molecule has 0 atom stereocenters. The molecule has 1 rings (SSSR count). The summed E-state index contributed by atoms with van der Waals surface area (Å²) in [7, 11) is 3.68. The molecule has 4 nitrogen and oxygen atoms in total. The van der Waals surface area contributed by atoms with E-state index in [1.54, 1.807) is 0 Å². The highest BCUT2D eigenvalue weighted by molar-refractivity contribution is 5.79. The predicted octanol–water partition coefficient (Wildman–Crippen LogP) is 1.53. The molecule has 17 heavy (non-hydrogen) atoms. The predicted molar refractivity (Wildman–Crippen MR) is 67.3 cm³/mol. The fourth-order valence-corrected chi connectivity index (χ4v) is 2.32. The average molecular weight is 237 g/mol. The van der Waals surface area contributed by atoms with Gasteiger partial charge in [-0.15, -0.1) is 0 Å². The Morgan fingerprint density at radius 2 is 2.00 bits per heavy atom. The maximum absolute atomic E-state index is 12.1. The van der Waals surface area contributed by atoms with Crippen LogP contribution in [0.4, 0.5) is 0 Å². The zero-order valence-corrected chi connectivity index (χ0v) is 11.3. The van der Waals surface area contributed by atoms with Crippen LogP contribution in [0.3, 0.4) is 0 Å². The van der Waals surface area contributed by atoms with E-state index >= 15 is 0 Å². The Hall–Kier alpha value is -1.08. The van der Waals surface area contributed by atoms with Crippen LogP contribution in [0.15, 0.2) is 0 Å². The van der Waals surface area contributed by atoms with Crippen molar-refractivity contribution in [1.82, 2.24) is 10.2 Å². The van der Waals surface area contributed by atoms with E-state index in [9.17, 15) is 4.79 Å². The van der Waals surface area contributed by atoms with Crippen molar-refractivity contribution in [3.63, 3.8) is 0 Å². The zero-order chi connectivity index (χ0) is 13.1. The van der Waals surface area contributed by atoms with Crippen LogP contribution in [0.2, 0.25) is 0 Å². The third-order valence-corrected chi connectivity index (χ3v) is 4.00. The van der Waals surface area contributed by atoms with Crippen LogP contribution in [-0.4, -0.2) is 36.5 Å². The summed E-state index contributed by atoms with van der Waals surface area (Å²) in [6, 6.07) is 2.59. The van der Waals surface area contributed by atoms with Gasteiger partial charge < -0.3 is 10.2 Å². The first-order valence-corrected chi connectivity index (χ1v) is 6.32. The van der Waals surface area contributed by atoms with Crippen LogP contribution >= 0.6 is 0 Å². The van der Waals surface area contributed by atoms with E-state index in [1.807, 2.05) is 32.8 Å². The van der Waals surface area contributed by atoms with Crippen molar-refractivity contribution in [3.8, 4) is 6.07 Å². The van der Waals surface area contributed by atoms with Gasteiger partial charge in [-0.25, -0.2) is 0 Å². The van der Waals surface area contributed by atoms with Gasteiger partial charge in [-0.1, -0.05) is 0 Å². The minimum atomic E-state index is -0.410. The standard InChI is InChI=1S/C13H23N3O/c1-10(2)16(4)12(17)11-5-7-13(9-14,15-3)8-6-11/h10-11,15H,5-8H2,1-4H3. The fraction of sp³-hybridized carbons (Fsp3) is 0.846. The molecule has 0 heterocycles. The first-order valence-electron chi connectivity index (χ1n) is 6.32. The molecule has 0 unspecified atom stereocenters. The third kappa shape index (κ3) is 2.98. The van der Waals surface area contributed by atoms with Crippen LogP contribution in [-0.2, 0) is 4.79 Å². The number of amides is 1. The molecule has 96 valence electrons. The van der Waals surface area contributed by atoms with Crippen LogP contribution in [0, 0.1) is 17.2 Å². The van der Waals surface area contributed by atoms with Gasteiger partial charge in [0.25, 0.3) is 0 Å². The Balaban J connectivity index is 2.58. The summed E-state index contributed by atoms with van der Waals surface area (Å²) in [5.74, 6) is 0.319. The van der Waals surface area contributed by atoms with Gasteiger partial charge in [0.15, 0.2) is 0 Å². The number of carbonyl (C=O) groups excluding carboxylic acids is 1. The second-order valence-corrected chi connectivity index (χ2v) is 5.26. The summed E-state index contributed by atoms with van der Waals surface area (Å²) in [5, 5.41) is 12.2. The lowest BCUT2D eigenvalue weighted by Crippen LogP contribution is -2.47. The SMILES string of the molecule is CNC1(C#N)CCC(C(=O)N(C)C(C)C)CC1. The fourth-order valence-electron chi connectivity index (χ4n) is 2.32. The van der Waals surface area contributed by atoms with E-state index in [-0.39, 0.29) is 17.9 Å². The largest absolute Gasteiger partial charge is 0.343 e. The number of nitriles is 1. The highest BCUT2D eigenvalue weighted by Crippen LogP contribution is 2.32. The summed E-state index contributed by atoms with van der Waals surface area (Å²) >= 11 is 0. The normalized spacial score (nSPS) is 28.8. The van der Waals surface area contributed by atoms with Crippen molar-refractivity contribution in [2.24, 2.45) is 5.92 Å². The van der Waals surface area contributed by atoms with Gasteiger partial charge in [0.1, 0.15) is 5.54 Å². The highest BCUT2D eigenvalue weighted by atomic mass is 16.2. The van der Waals surface area contributed by atoms with E-state index in [1.165, 1.54) is 0 Å². The van der Waals surface area contributed by atoms with Gasteiger partial charge in [0.05, 0.1) is 6.07 Å². The van der Waals surface area contributed by atoms with Crippen LogP contribution < -0.4 is 5.32 Å². The molecule has 1 fully saturated rings. The Morgan fingerprint density at radius 1 is 1.47 bits per heavy atom. The lowest BCUT2D eigenvalue weighted by atomic mass is 9.77. The quantitative estimate of drug-likeness (QED) is 0.809. The van der Waals surface area contributed by atoms with Crippen molar-refractivity contribution < 1.29 is 4.79 Å². The Labute approximate surface area is 104 Å². The van der Waals surface area contributed by atoms with Gasteiger partial charge in [-0.05, 0) is 46.6 Å². The van der Waals surface area contributed by atoms with Crippen LogP contribution in [0.5, 0.6) is 0 Å². The number of carbonyl (C=O) groups is 1. The number of nitrogens with zero attached hydrogens (tertiary/aromatic N) is 2. The Bertz CT molecular complexity index is 311. The average Bonchev–Trinajstić information content (AvgIpc) is 2.37. The van der Waals surface area contributed by atoms with Gasteiger partial charge >= 0.3 is 0 Å². The molecule has 0 aromatic rings. The molecule has 1 saturated carbocycles. The topological polar surface area (TPSA) is 56.1 Å². The molecule has 1 N–H and O–H groups in total. The van der Waals surface area contributed by atoms with Gasteiger partial charge in [-0.2, -0.15) is 5.26 Å². The summed E-state index contributed by atoms with van der Waals surface area (Å²) in [6.07, 6.45) is 3.15. The first kappa shape index (κ1) is 14.0. The Kier molecular flexibility index (Phi) is 4.53. The lowest BCUT2D eigenvalue weighted by molar-refractivity contribution is -0.137. The monoisotopic (exact) mass is 237 g/mol. The Morgan fingerprint density at radius 3 is 2.35 bits per heavy atom. The minimum Gasteiger partial charge on any atom is -0.343 e. The second kappa shape index (κ2) is 5.50. The van der Waals surface area contributed by atoms with E-state index in [4.69, 9.17) is 5.26 Å². The van der Waals surface area contributed by atoms with Crippen molar-refractivity contribution >= 4 is 5.91 Å². The van der Waals surface area contributed by atoms with Gasteiger partial charge in [-0.3, -0.25) is 4.79 Å². The summed E-state index contributed by atoms with van der Waals surface area (Å²) in [4.78, 5) is 14.0. The molecule has 1 amide bonds. The van der Waals surface area contributed by atoms with Crippen molar-refractivity contribution in [2.75, 3.05) is 14.1 Å². The number of rotatable bonds is 3. The lowest BCUT2D eigenvalue weighted by Gasteiger charge is -2.36.